The molecular formula is H8BaN2O2Sr. The van der Waals surface area contributed by atoms with Gasteiger partial charge >= 0.3 is 94.4 Å². The number of hydrogen-bond donors (Lipinski definition) is 2. The minimum atomic E-state index is 0. The molecule has 0 saturated heterocycles. The Morgan fingerprint density at radius 3 is 1.17 bits per heavy atom. The molecule has 0 fully saturated rings. The molecule has 4 N–H and O–H groups in total. The van der Waals surface area contributed by atoms with E-state index in [-0.39, 0.29) is 94.4 Å². The van der Waals surface area contributed by atoms with Gasteiger partial charge in [-0.1, -0.05) is 0 Å². The molecule has 0 aromatic carbocycles. The van der Waals surface area contributed by atoms with Gasteiger partial charge in [-0.3, -0.25) is 0 Å². The van der Waals surface area contributed by atoms with Crippen LogP contribution in [-0.2, 0) is 9.98 Å². The van der Waals surface area contributed by atoms with Crippen LogP contribution in [0.3, 0.4) is 0 Å². The maximum absolute atomic E-state index is 4.18. The molecule has 0 radical (unpaired) electrons. The molecule has 0 unspecified atom stereocenters. The first-order valence-electron chi connectivity index (χ1n) is 0.638. The van der Waals surface area contributed by atoms with Gasteiger partial charge in [0.25, 0.3) is 0 Å². The van der Waals surface area contributed by atoms with Crippen LogP contribution in [-0.4, -0.2) is 94.4 Å². The van der Waals surface area contributed by atoms with Crippen molar-refractivity contribution in [1.82, 2.24) is 0 Å². The summed E-state index contributed by atoms with van der Waals surface area (Å²) in [4.78, 5) is 6.64. The third-order valence-electron chi connectivity index (χ3n) is 0.0556. The molecule has 6 heteroatoms. The van der Waals surface area contributed by atoms with Crippen LogP contribution in [0.5, 0.6) is 0 Å². The molecule has 0 spiro atoms. The van der Waals surface area contributed by atoms with E-state index < -0.39 is 0 Å². The molecule has 0 aromatic heterocycles. The predicted octanol–water partition coefficient (Wildman–Crippen LogP) is -3.15. The summed E-state index contributed by atoms with van der Waals surface area (Å²) in [6.07, 6.45) is 0. The van der Waals surface area contributed by atoms with E-state index in [1.807, 2.05) is 0 Å². The van der Waals surface area contributed by atoms with E-state index in [9.17, 15) is 0 Å². The van der Waals surface area contributed by atoms with E-state index in [1.54, 1.807) is 0 Å². The Morgan fingerprint density at radius 1 is 1.00 bits per heavy atom. The number of rotatable bonds is 1. The molecule has 34 valence electrons. The third-order valence-corrected chi connectivity index (χ3v) is 0.0556. The van der Waals surface area contributed by atoms with Gasteiger partial charge in [0.15, 0.2) is 0 Å². The van der Waals surface area contributed by atoms with Crippen LogP contribution >= 0.6 is 0 Å². The van der Waals surface area contributed by atoms with Gasteiger partial charge in [0.2, 0.25) is 0 Å². The van der Waals surface area contributed by atoms with E-state index in [0.29, 0.717) is 0 Å². The first-order valence-corrected chi connectivity index (χ1v) is 0.638. The second-order valence-electron chi connectivity index (χ2n) is 0.192. The Morgan fingerprint density at radius 2 is 1.17 bits per heavy atom. The topological polar surface area (TPSA) is 70.5 Å². The van der Waals surface area contributed by atoms with Gasteiger partial charge in [-0.25, -0.2) is 0 Å². The van der Waals surface area contributed by atoms with Crippen molar-refractivity contribution in [2.75, 3.05) is 0 Å². The summed E-state index contributed by atoms with van der Waals surface area (Å²) in [5, 5.41) is 0. The van der Waals surface area contributed by atoms with Crippen molar-refractivity contribution < 1.29 is 9.98 Å². The van der Waals surface area contributed by atoms with Crippen LogP contribution < -0.4 is 11.8 Å². The summed E-state index contributed by atoms with van der Waals surface area (Å²) in [5.41, 5.74) is 0. The fourth-order valence-corrected chi connectivity index (χ4v) is 0. The van der Waals surface area contributed by atoms with Gasteiger partial charge in [-0.15, -0.1) is 9.98 Å². The van der Waals surface area contributed by atoms with Crippen LogP contribution in [0.1, 0.15) is 0 Å². The maximum atomic E-state index is 4.18. The predicted molar refractivity (Wildman–Crippen MR) is 27.6 cm³/mol. The molecule has 0 rings (SSSR count). The minimum absolute atomic E-state index is 0. The van der Waals surface area contributed by atoms with Gasteiger partial charge < -0.3 is 0 Å². The van der Waals surface area contributed by atoms with Gasteiger partial charge in [0, 0.05) is 0 Å². The third kappa shape index (κ3) is 15.8. The molecule has 0 aliphatic heterocycles. The van der Waals surface area contributed by atoms with Crippen molar-refractivity contribution >= 4 is 94.4 Å². The first kappa shape index (κ1) is 16.0. The average Bonchev–Trinajstić information content (AvgIpc) is 1.37. The summed E-state index contributed by atoms with van der Waals surface area (Å²) in [6.45, 7) is 0. The standard InChI is InChI=1S/Ba.H4N2O2.Sr.4H/c;1-3-4-2;;;;;/h;1-2H2;;;;;. The molecule has 0 aromatic rings. The zero-order chi connectivity index (χ0) is 3.41. The van der Waals surface area contributed by atoms with Crippen molar-refractivity contribution in [3.8, 4) is 0 Å². The monoisotopic (exact) mass is 294 g/mol. The Balaban J connectivity index is -0.0000000450. The zero-order valence-electron chi connectivity index (χ0n) is 1.97. The van der Waals surface area contributed by atoms with Crippen molar-refractivity contribution in [1.29, 1.82) is 0 Å². The van der Waals surface area contributed by atoms with Crippen molar-refractivity contribution in [2.24, 2.45) is 11.8 Å². The normalized spacial score (nSPS) is 5.00. The number of hydrogen-bond acceptors (Lipinski definition) is 4. The molecule has 0 bridgehead atoms. The Bertz CT molecular complexity index is 13.5. The summed E-state index contributed by atoms with van der Waals surface area (Å²) < 4.78 is 0. The van der Waals surface area contributed by atoms with E-state index in [2.05, 4.69) is 21.8 Å². The van der Waals surface area contributed by atoms with E-state index in [1.165, 1.54) is 0 Å². The zero-order valence-corrected chi connectivity index (χ0v) is 1.97. The Labute approximate surface area is 113 Å². The SMILES string of the molecule is NOON.[BaH2].[SrH2]. The summed E-state index contributed by atoms with van der Waals surface area (Å²) >= 11 is 0. The summed E-state index contributed by atoms with van der Waals surface area (Å²) in [5.74, 6) is 8.36. The first-order chi connectivity index (χ1) is 1.91. The Hall–Kier alpha value is 2.89. The molecule has 0 amide bonds. The molecule has 0 aliphatic rings. The van der Waals surface area contributed by atoms with Gasteiger partial charge in [-0.2, -0.15) is 11.8 Å². The van der Waals surface area contributed by atoms with Crippen molar-refractivity contribution in [3.63, 3.8) is 0 Å². The second-order valence-corrected chi connectivity index (χ2v) is 0.192. The summed E-state index contributed by atoms with van der Waals surface area (Å²) in [6, 6.07) is 0. The number of nitrogens with two attached hydrogens (primary N) is 2. The van der Waals surface area contributed by atoms with E-state index in [4.69, 9.17) is 0 Å². The molecule has 0 heterocycles. The molecule has 0 saturated carbocycles. The van der Waals surface area contributed by atoms with Crippen LogP contribution in [0.15, 0.2) is 0 Å². The molecule has 6 heavy (non-hydrogen) atoms. The van der Waals surface area contributed by atoms with Crippen molar-refractivity contribution in [3.05, 3.63) is 0 Å². The van der Waals surface area contributed by atoms with Crippen molar-refractivity contribution in [2.45, 2.75) is 0 Å². The van der Waals surface area contributed by atoms with Gasteiger partial charge in [-0.05, 0) is 0 Å². The van der Waals surface area contributed by atoms with Crippen LogP contribution in [0, 0.1) is 0 Å². The molecule has 4 nitrogen and oxygen atoms in total. The van der Waals surface area contributed by atoms with Crippen LogP contribution in [0.4, 0.5) is 0 Å². The molecule has 0 aliphatic carbocycles. The molecular weight excluding hydrogens is 285 g/mol. The summed E-state index contributed by atoms with van der Waals surface area (Å²) in [7, 11) is 0. The quantitative estimate of drug-likeness (QED) is 0.304. The van der Waals surface area contributed by atoms with E-state index in [0.717, 1.165) is 0 Å². The van der Waals surface area contributed by atoms with Gasteiger partial charge in [0.05, 0.1) is 0 Å². The van der Waals surface area contributed by atoms with Crippen LogP contribution in [0.2, 0.25) is 0 Å². The second kappa shape index (κ2) is 15.7. The fraction of sp³-hybridized carbons (Fsp3) is 0. The average molecular weight is 293 g/mol. The van der Waals surface area contributed by atoms with E-state index >= 15 is 0 Å². The van der Waals surface area contributed by atoms with Gasteiger partial charge in [0.1, 0.15) is 0 Å². The van der Waals surface area contributed by atoms with Crippen LogP contribution in [0.25, 0.3) is 0 Å². The molecule has 0 atom stereocenters. The fourth-order valence-electron chi connectivity index (χ4n) is 0. The Kier molecular flexibility index (Phi) is 41.6.